The number of thioether (sulfide) groups is 1. The second-order valence-corrected chi connectivity index (χ2v) is 11.8. The number of benzene rings is 1. The Morgan fingerprint density at radius 2 is 1.90 bits per heavy atom. The van der Waals surface area contributed by atoms with Crippen molar-refractivity contribution in [3.05, 3.63) is 36.0 Å². The SMILES string of the molecule is CC(C)c1ccc(N(CC2CCCC2)C(=O)Nc2ncc(SC(C)(C)C(=O)O)s2)cc1. The van der Waals surface area contributed by atoms with Crippen molar-refractivity contribution in [2.24, 2.45) is 5.92 Å². The number of hydrogen-bond acceptors (Lipinski definition) is 5. The van der Waals surface area contributed by atoms with E-state index >= 15 is 0 Å². The number of urea groups is 1. The number of carbonyl (C=O) groups excluding carboxylic acids is 1. The van der Waals surface area contributed by atoms with Gasteiger partial charge in [0.15, 0.2) is 5.13 Å². The Balaban J connectivity index is 1.74. The zero-order valence-electron chi connectivity index (χ0n) is 18.6. The molecule has 1 aromatic heterocycles. The molecule has 1 saturated carbocycles. The van der Waals surface area contributed by atoms with Crippen molar-refractivity contribution in [3.8, 4) is 0 Å². The highest BCUT2D eigenvalue weighted by Crippen LogP contribution is 2.37. The molecule has 3 rings (SSSR count). The number of aliphatic carboxylic acids is 1. The van der Waals surface area contributed by atoms with Crippen LogP contribution in [0.2, 0.25) is 0 Å². The number of carbonyl (C=O) groups is 2. The third-order valence-electron chi connectivity index (χ3n) is 5.60. The molecule has 8 heteroatoms. The number of carboxylic acid groups (broad SMARTS) is 1. The minimum absolute atomic E-state index is 0.201. The number of carboxylic acids is 1. The fourth-order valence-electron chi connectivity index (χ4n) is 3.61. The highest BCUT2D eigenvalue weighted by Gasteiger charge is 2.30. The molecular weight excluding hydrogens is 430 g/mol. The first kappa shape index (κ1) is 23.6. The van der Waals surface area contributed by atoms with Crippen molar-refractivity contribution in [1.82, 2.24) is 4.98 Å². The van der Waals surface area contributed by atoms with E-state index in [9.17, 15) is 14.7 Å². The van der Waals surface area contributed by atoms with Gasteiger partial charge in [0.25, 0.3) is 0 Å². The molecule has 0 bridgehead atoms. The summed E-state index contributed by atoms with van der Waals surface area (Å²) in [6.07, 6.45) is 6.36. The lowest BCUT2D eigenvalue weighted by Crippen LogP contribution is -2.38. The van der Waals surface area contributed by atoms with Gasteiger partial charge in [0.05, 0.1) is 10.4 Å². The summed E-state index contributed by atoms with van der Waals surface area (Å²) in [6, 6.07) is 8.00. The molecule has 2 N–H and O–H groups in total. The van der Waals surface area contributed by atoms with Crippen molar-refractivity contribution in [2.45, 2.75) is 68.3 Å². The summed E-state index contributed by atoms with van der Waals surface area (Å²) in [6.45, 7) is 8.31. The van der Waals surface area contributed by atoms with E-state index in [2.05, 4.69) is 36.3 Å². The van der Waals surface area contributed by atoms with E-state index in [0.29, 0.717) is 23.5 Å². The topological polar surface area (TPSA) is 82.5 Å². The Kier molecular flexibility index (Phi) is 7.64. The minimum atomic E-state index is -0.958. The molecule has 1 aromatic carbocycles. The fourth-order valence-corrected chi connectivity index (χ4v) is 5.88. The lowest BCUT2D eigenvalue weighted by molar-refractivity contribution is -0.138. The van der Waals surface area contributed by atoms with Crippen LogP contribution < -0.4 is 10.2 Å². The maximum atomic E-state index is 13.2. The van der Waals surface area contributed by atoms with Crippen LogP contribution in [0.4, 0.5) is 15.6 Å². The Morgan fingerprint density at radius 1 is 1.26 bits per heavy atom. The Labute approximate surface area is 192 Å². The molecule has 2 amide bonds. The first-order valence-electron chi connectivity index (χ1n) is 10.7. The maximum Gasteiger partial charge on any atom is 0.328 e. The number of nitrogens with zero attached hydrogens (tertiary/aromatic N) is 2. The number of rotatable bonds is 8. The number of thiazole rings is 1. The molecule has 31 heavy (non-hydrogen) atoms. The fraction of sp³-hybridized carbons (Fsp3) is 0.522. The first-order chi connectivity index (χ1) is 14.7. The molecule has 0 saturated heterocycles. The summed E-state index contributed by atoms with van der Waals surface area (Å²) in [5.41, 5.74) is 2.12. The molecule has 1 heterocycles. The first-order valence-corrected chi connectivity index (χ1v) is 12.4. The van der Waals surface area contributed by atoms with Crippen LogP contribution in [0.3, 0.4) is 0 Å². The van der Waals surface area contributed by atoms with Gasteiger partial charge in [-0.05, 0) is 56.2 Å². The van der Waals surface area contributed by atoms with Gasteiger partial charge in [-0.15, -0.1) is 0 Å². The molecule has 1 aliphatic rings. The second kappa shape index (κ2) is 10.0. The molecule has 2 aromatic rings. The standard InChI is InChI=1S/C23H31N3O3S2/c1-15(2)17-9-11-18(12-10-17)26(14-16-7-5-6-8-16)22(29)25-21-24-13-19(30-21)31-23(3,4)20(27)28/h9-13,15-16H,5-8,14H2,1-4H3,(H,27,28)(H,24,25,29). The smallest absolute Gasteiger partial charge is 0.328 e. The van der Waals surface area contributed by atoms with Gasteiger partial charge >= 0.3 is 12.0 Å². The van der Waals surface area contributed by atoms with Crippen LogP contribution in [0.1, 0.15) is 64.9 Å². The summed E-state index contributed by atoms with van der Waals surface area (Å²) in [4.78, 5) is 30.7. The van der Waals surface area contributed by atoms with Crippen LogP contribution in [0.25, 0.3) is 0 Å². The number of aromatic nitrogens is 1. The van der Waals surface area contributed by atoms with Crippen LogP contribution in [0.15, 0.2) is 34.7 Å². The Bertz CT molecular complexity index is 903. The quantitative estimate of drug-likeness (QED) is 0.441. The minimum Gasteiger partial charge on any atom is -0.480 e. The molecular formula is C23H31N3O3S2. The largest absolute Gasteiger partial charge is 0.480 e. The highest BCUT2D eigenvalue weighted by molar-refractivity contribution is 8.03. The molecule has 168 valence electrons. The van der Waals surface area contributed by atoms with E-state index in [1.165, 1.54) is 41.5 Å². The number of nitrogens with one attached hydrogen (secondary N) is 1. The molecule has 0 aliphatic heterocycles. The van der Waals surface area contributed by atoms with Crippen molar-refractivity contribution in [3.63, 3.8) is 0 Å². The van der Waals surface area contributed by atoms with Crippen LogP contribution in [-0.4, -0.2) is 33.4 Å². The van der Waals surface area contributed by atoms with Gasteiger partial charge in [-0.25, -0.2) is 9.78 Å². The van der Waals surface area contributed by atoms with Crippen LogP contribution >= 0.6 is 23.1 Å². The monoisotopic (exact) mass is 461 g/mol. The lowest BCUT2D eigenvalue weighted by Gasteiger charge is -2.26. The van der Waals surface area contributed by atoms with E-state index in [4.69, 9.17) is 0 Å². The van der Waals surface area contributed by atoms with Gasteiger partial charge in [0, 0.05) is 12.2 Å². The molecule has 0 spiro atoms. The zero-order valence-corrected chi connectivity index (χ0v) is 20.2. The van der Waals surface area contributed by atoms with E-state index in [-0.39, 0.29) is 6.03 Å². The predicted octanol–water partition coefficient (Wildman–Crippen LogP) is 6.45. The molecule has 6 nitrogen and oxygen atoms in total. The van der Waals surface area contributed by atoms with Crippen molar-refractivity contribution < 1.29 is 14.7 Å². The normalized spacial score (nSPS) is 14.7. The zero-order chi connectivity index (χ0) is 22.6. The highest BCUT2D eigenvalue weighted by atomic mass is 32.2. The third kappa shape index (κ3) is 6.23. The number of anilines is 2. The molecule has 0 radical (unpaired) electrons. The number of hydrogen-bond donors (Lipinski definition) is 2. The average molecular weight is 462 g/mol. The second-order valence-electron chi connectivity index (χ2n) is 8.84. The summed E-state index contributed by atoms with van der Waals surface area (Å²) in [5.74, 6) is 0.0609. The van der Waals surface area contributed by atoms with Crippen molar-refractivity contribution in [2.75, 3.05) is 16.8 Å². The van der Waals surface area contributed by atoms with Gasteiger partial charge in [-0.1, -0.05) is 61.9 Å². The third-order valence-corrected chi connectivity index (χ3v) is 7.80. The maximum absolute atomic E-state index is 13.2. The van der Waals surface area contributed by atoms with Crippen molar-refractivity contribution >= 4 is 45.9 Å². The van der Waals surface area contributed by atoms with Gasteiger partial charge in [-0.3, -0.25) is 15.0 Å². The van der Waals surface area contributed by atoms with Crippen LogP contribution in [-0.2, 0) is 4.79 Å². The van der Waals surface area contributed by atoms with Gasteiger partial charge in [0.1, 0.15) is 4.75 Å². The average Bonchev–Trinajstić information content (AvgIpc) is 3.37. The van der Waals surface area contributed by atoms with Gasteiger partial charge < -0.3 is 5.11 Å². The molecule has 1 fully saturated rings. The van der Waals surface area contributed by atoms with E-state index in [1.54, 1.807) is 20.0 Å². The Hall–Kier alpha value is -2.06. The molecule has 1 aliphatic carbocycles. The summed E-state index contributed by atoms with van der Waals surface area (Å²) < 4.78 is -0.202. The molecule has 0 unspecified atom stereocenters. The summed E-state index contributed by atoms with van der Waals surface area (Å²) in [7, 11) is 0. The van der Waals surface area contributed by atoms with Crippen LogP contribution in [0, 0.1) is 5.92 Å². The summed E-state index contributed by atoms with van der Waals surface area (Å²) >= 11 is 2.53. The van der Waals surface area contributed by atoms with E-state index < -0.39 is 10.7 Å². The summed E-state index contributed by atoms with van der Waals surface area (Å²) in [5, 5.41) is 12.7. The predicted molar refractivity (Wildman–Crippen MR) is 129 cm³/mol. The molecule has 0 atom stereocenters. The van der Waals surface area contributed by atoms with Gasteiger partial charge in [-0.2, -0.15) is 0 Å². The van der Waals surface area contributed by atoms with Gasteiger partial charge in [0.2, 0.25) is 0 Å². The number of amides is 2. The van der Waals surface area contributed by atoms with E-state index in [1.807, 2.05) is 17.0 Å². The van der Waals surface area contributed by atoms with Crippen molar-refractivity contribution in [1.29, 1.82) is 0 Å². The van der Waals surface area contributed by atoms with E-state index in [0.717, 1.165) is 22.7 Å². The lowest BCUT2D eigenvalue weighted by atomic mass is 10.0. The Morgan fingerprint density at radius 3 is 2.48 bits per heavy atom. The van der Waals surface area contributed by atoms with Crippen LogP contribution in [0.5, 0.6) is 0 Å².